The van der Waals surface area contributed by atoms with Crippen molar-refractivity contribution >= 4 is 0 Å². The van der Waals surface area contributed by atoms with Crippen molar-refractivity contribution in [2.24, 2.45) is 0 Å². The van der Waals surface area contributed by atoms with Crippen LogP contribution in [0, 0.1) is 6.92 Å². The number of aryl methyl sites for hydroxylation is 1. The number of hydrogen-bond acceptors (Lipinski definition) is 4. The van der Waals surface area contributed by atoms with E-state index in [0.717, 1.165) is 36.6 Å². The van der Waals surface area contributed by atoms with Gasteiger partial charge >= 0.3 is 0 Å². The van der Waals surface area contributed by atoms with E-state index in [-0.39, 0.29) is 0 Å². The Hall–Kier alpha value is -1.10. The summed E-state index contributed by atoms with van der Waals surface area (Å²) in [7, 11) is 1.63. The van der Waals surface area contributed by atoms with Crippen LogP contribution in [0.3, 0.4) is 0 Å². The molecule has 0 heterocycles. The van der Waals surface area contributed by atoms with E-state index in [1.54, 1.807) is 7.11 Å². The Balaban J connectivity index is 2.68. The number of likely N-dealkylation sites (N-methyl/N-ethyl adjacent to an activating group) is 1. The molecule has 4 nitrogen and oxygen atoms in total. The van der Waals surface area contributed by atoms with Gasteiger partial charge in [-0.25, -0.2) is 0 Å². The van der Waals surface area contributed by atoms with Gasteiger partial charge in [0.05, 0.1) is 19.8 Å². The Morgan fingerprint density at radius 2 is 2.05 bits per heavy atom. The van der Waals surface area contributed by atoms with E-state index < -0.39 is 6.10 Å². The number of aliphatic hydroxyl groups is 1. The number of benzene rings is 1. The molecular weight excluding hydrogens is 254 g/mol. The third-order valence-electron chi connectivity index (χ3n) is 3.38. The molecule has 0 saturated heterocycles. The Kier molecular flexibility index (Phi) is 7.59. The normalized spacial score (nSPS) is 12.7. The molecule has 0 aromatic heterocycles. The third-order valence-corrected chi connectivity index (χ3v) is 3.38. The summed E-state index contributed by atoms with van der Waals surface area (Å²) in [5.74, 6) is 0.740. The molecular formula is C16H27NO3. The maximum absolute atomic E-state index is 10.5. The Bertz CT molecular complexity index is 395. The van der Waals surface area contributed by atoms with Gasteiger partial charge in [-0.1, -0.05) is 18.6 Å². The van der Waals surface area contributed by atoms with Crippen LogP contribution in [0.2, 0.25) is 0 Å². The molecule has 0 bridgehead atoms. The lowest BCUT2D eigenvalue weighted by Gasteiger charge is -2.24. The lowest BCUT2D eigenvalue weighted by Crippen LogP contribution is -2.32. The average molecular weight is 281 g/mol. The lowest BCUT2D eigenvalue weighted by atomic mass is 10.0. The zero-order chi connectivity index (χ0) is 15.0. The summed E-state index contributed by atoms with van der Waals surface area (Å²) in [5, 5.41) is 10.5. The van der Waals surface area contributed by atoms with Crippen LogP contribution in [0.15, 0.2) is 18.2 Å². The molecule has 1 unspecified atom stereocenters. The smallest absolute Gasteiger partial charge is 0.124 e. The number of aliphatic hydroxyl groups excluding tert-OH is 1. The topological polar surface area (TPSA) is 41.9 Å². The van der Waals surface area contributed by atoms with Crippen LogP contribution < -0.4 is 4.74 Å². The molecule has 1 rings (SSSR count). The summed E-state index contributed by atoms with van der Waals surface area (Å²) in [5.41, 5.74) is 1.97. The zero-order valence-corrected chi connectivity index (χ0v) is 13.1. The van der Waals surface area contributed by atoms with E-state index in [9.17, 15) is 5.11 Å². The second kappa shape index (κ2) is 8.95. The van der Waals surface area contributed by atoms with Crippen molar-refractivity contribution in [1.82, 2.24) is 4.90 Å². The summed E-state index contributed by atoms with van der Waals surface area (Å²) in [6.07, 6.45) is -0.550. The van der Waals surface area contributed by atoms with Crippen molar-refractivity contribution in [3.8, 4) is 5.75 Å². The molecule has 1 aromatic carbocycles. The van der Waals surface area contributed by atoms with Gasteiger partial charge in [0.15, 0.2) is 0 Å². The molecule has 4 heteroatoms. The van der Waals surface area contributed by atoms with Gasteiger partial charge in [0.2, 0.25) is 0 Å². The van der Waals surface area contributed by atoms with Crippen molar-refractivity contribution in [1.29, 1.82) is 0 Å². The monoisotopic (exact) mass is 281 g/mol. The molecule has 20 heavy (non-hydrogen) atoms. The highest BCUT2D eigenvalue weighted by Crippen LogP contribution is 2.26. The maximum atomic E-state index is 10.5. The lowest BCUT2D eigenvalue weighted by molar-refractivity contribution is 0.0781. The first-order valence-corrected chi connectivity index (χ1v) is 7.25. The van der Waals surface area contributed by atoms with Gasteiger partial charge in [0, 0.05) is 25.3 Å². The molecule has 114 valence electrons. The molecule has 1 aromatic rings. The first-order valence-electron chi connectivity index (χ1n) is 7.25. The molecule has 0 saturated carbocycles. The van der Waals surface area contributed by atoms with Crippen LogP contribution in [0.5, 0.6) is 5.75 Å². The number of hydrogen-bond donors (Lipinski definition) is 1. The van der Waals surface area contributed by atoms with Crippen LogP contribution in [0.25, 0.3) is 0 Å². The number of nitrogens with zero attached hydrogens (tertiary/aromatic N) is 1. The minimum atomic E-state index is -0.550. The van der Waals surface area contributed by atoms with E-state index in [1.807, 2.05) is 32.0 Å². The summed E-state index contributed by atoms with van der Waals surface area (Å²) >= 11 is 0. The molecule has 0 spiro atoms. The number of methoxy groups -OCH3 is 1. The average Bonchev–Trinajstić information content (AvgIpc) is 2.46. The van der Waals surface area contributed by atoms with Gasteiger partial charge in [-0.2, -0.15) is 0 Å². The van der Waals surface area contributed by atoms with Crippen LogP contribution in [0.4, 0.5) is 0 Å². The van der Waals surface area contributed by atoms with Crippen molar-refractivity contribution in [2.75, 3.05) is 40.0 Å². The van der Waals surface area contributed by atoms with Crippen molar-refractivity contribution < 1.29 is 14.6 Å². The van der Waals surface area contributed by atoms with Crippen molar-refractivity contribution in [3.63, 3.8) is 0 Å². The predicted molar refractivity (Wildman–Crippen MR) is 81.3 cm³/mol. The molecule has 0 fully saturated rings. The largest absolute Gasteiger partial charge is 0.496 e. The number of rotatable bonds is 9. The molecule has 0 aliphatic rings. The predicted octanol–water partition coefficient (Wildman–Crippen LogP) is 2.40. The minimum Gasteiger partial charge on any atom is -0.496 e. The highest BCUT2D eigenvalue weighted by Gasteiger charge is 2.16. The second-order valence-electron chi connectivity index (χ2n) is 4.85. The number of ether oxygens (including phenoxy) is 2. The fourth-order valence-electron chi connectivity index (χ4n) is 2.17. The highest BCUT2D eigenvalue weighted by molar-refractivity contribution is 5.38. The van der Waals surface area contributed by atoms with Gasteiger partial charge < -0.3 is 14.6 Å². The van der Waals surface area contributed by atoms with Gasteiger partial charge in [0.1, 0.15) is 5.75 Å². The van der Waals surface area contributed by atoms with Gasteiger partial charge in [-0.05, 0) is 32.5 Å². The molecule has 1 N–H and O–H groups in total. The molecule has 0 radical (unpaired) electrons. The standard InChI is InChI=1S/C16H27NO3/c1-5-17(9-10-20-6-2)12-15(18)14-11-13(3)7-8-16(14)19-4/h7-8,11,15,18H,5-6,9-10,12H2,1-4H3. The van der Waals surface area contributed by atoms with Crippen molar-refractivity contribution in [2.45, 2.75) is 26.9 Å². The molecule has 1 atom stereocenters. The first kappa shape index (κ1) is 17.0. The fourth-order valence-corrected chi connectivity index (χ4v) is 2.17. The zero-order valence-electron chi connectivity index (χ0n) is 13.1. The van der Waals surface area contributed by atoms with Crippen LogP contribution >= 0.6 is 0 Å². The summed E-state index contributed by atoms with van der Waals surface area (Å²) in [6, 6.07) is 5.88. The summed E-state index contributed by atoms with van der Waals surface area (Å²) in [4.78, 5) is 2.18. The van der Waals surface area contributed by atoms with Gasteiger partial charge in [-0.3, -0.25) is 4.90 Å². The molecule has 0 aliphatic heterocycles. The maximum Gasteiger partial charge on any atom is 0.124 e. The molecule has 0 amide bonds. The Morgan fingerprint density at radius 3 is 2.65 bits per heavy atom. The summed E-state index contributed by atoms with van der Waals surface area (Å²) in [6.45, 7) is 9.82. The van der Waals surface area contributed by atoms with Crippen molar-refractivity contribution in [3.05, 3.63) is 29.3 Å². The van der Waals surface area contributed by atoms with E-state index in [0.29, 0.717) is 13.2 Å². The van der Waals surface area contributed by atoms with Crippen LogP contribution in [0.1, 0.15) is 31.1 Å². The van der Waals surface area contributed by atoms with Crippen LogP contribution in [-0.4, -0.2) is 50.0 Å². The Morgan fingerprint density at radius 1 is 1.30 bits per heavy atom. The first-order chi connectivity index (χ1) is 9.62. The highest BCUT2D eigenvalue weighted by atomic mass is 16.5. The minimum absolute atomic E-state index is 0.550. The fraction of sp³-hybridized carbons (Fsp3) is 0.625. The van der Waals surface area contributed by atoms with E-state index >= 15 is 0 Å². The quantitative estimate of drug-likeness (QED) is 0.706. The van der Waals surface area contributed by atoms with E-state index in [2.05, 4.69) is 11.8 Å². The Labute approximate surface area is 122 Å². The van der Waals surface area contributed by atoms with Crippen LogP contribution in [-0.2, 0) is 4.74 Å². The van der Waals surface area contributed by atoms with Gasteiger partial charge in [-0.15, -0.1) is 0 Å². The van der Waals surface area contributed by atoms with E-state index in [1.165, 1.54) is 0 Å². The SMILES string of the molecule is CCOCCN(CC)CC(O)c1cc(C)ccc1OC. The van der Waals surface area contributed by atoms with Gasteiger partial charge in [0.25, 0.3) is 0 Å². The molecule has 0 aliphatic carbocycles. The summed E-state index contributed by atoms with van der Waals surface area (Å²) < 4.78 is 10.7. The third kappa shape index (κ3) is 5.12. The van der Waals surface area contributed by atoms with E-state index in [4.69, 9.17) is 9.47 Å². The second-order valence-corrected chi connectivity index (χ2v) is 4.85.